The van der Waals surface area contributed by atoms with Gasteiger partial charge in [0.1, 0.15) is 12.4 Å². The van der Waals surface area contributed by atoms with Gasteiger partial charge in [0.25, 0.3) is 0 Å². The molecule has 0 unspecified atom stereocenters. The lowest BCUT2D eigenvalue weighted by molar-refractivity contribution is 0.180. The minimum absolute atomic E-state index is 0.759. The van der Waals surface area contributed by atoms with Crippen LogP contribution in [0.25, 0.3) is 0 Å². The summed E-state index contributed by atoms with van der Waals surface area (Å²) in [6.45, 7) is 9.95. The molecule has 1 aliphatic rings. The molecule has 84 valence electrons. The molecule has 0 radical (unpaired) electrons. The van der Waals surface area contributed by atoms with E-state index in [4.69, 9.17) is 4.74 Å². The lowest BCUT2D eigenvalue weighted by atomic mass is 10.4. The van der Waals surface area contributed by atoms with E-state index in [1.807, 2.05) is 25.2 Å². The minimum Gasteiger partial charge on any atom is -0.492 e. The van der Waals surface area contributed by atoms with Crippen LogP contribution in [0.1, 0.15) is 19.8 Å². The van der Waals surface area contributed by atoms with Crippen molar-refractivity contribution < 1.29 is 4.74 Å². The SMILES string of the molecule is C=C/C(=C\C=C/C)OCCN1CCCC1. The number of rotatable bonds is 6. The van der Waals surface area contributed by atoms with Gasteiger partial charge in [-0.1, -0.05) is 18.7 Å². The zero-order chi connectivity index (χ0) is 10.9. The van der Waals surface area contributed by atoms with Gasteiger partial charge in [0.15, 0.2) is 0 Å². The summed E-state index contributed by atoms with van der Waals surface area (Å²) in [4.78, 5) is 2.44. The predicted molar refractivity (Wildman–Crippen MR) is 64.7 cm³/mol. The highest BCUT2D eigenvalue weighted by molar-refractivity contribution is 5.15. The topological polar surface area (TPSA) is 12.5 Å². The molecule has 1 saturated heterocycles. The third-order valence-electron chi connectivity index (χ3n) is 2.53. The van der Waals surface area contributed by atoms with Gasteiger partial charge in [0.2, 0.25) is 0 Å². The molecular weight excluding hydrogens is 186 g/mol. The Balaban J connectivity index is 2.19. The standard InChI is InChI=1S/C13H21NO/c1-3-5-8-13(4-2)15-12-11-14-9-6-7-10-14/h3-5,8H,2,6-7,9-12H2,1H3/b5-3-,13-8+. The molecule has 1 aliphatic heterocycles. The Morgan fingerprint density at radius 3 is 2.73 bits per heavy atom. The van der Waals surface area contributed by atoms with Crippen LogP contribution in [0.2, 0.25) is 0 Å². The van der Waals surface area contributed by atoms with E-state index in [1.165, 1.54) is 25.9 Å². The molecule has 0 spiro atoms. The number of allylic oxidation sites excluding steroid dienone is 4. The van der Waals surface area contributed by atoms with Crippen LogP contribution < -0.4 is 0 Å². The maximum Gasteiger partial charge on any atom is 0.118 e. The van der Waals surface area contributed by atoms with Crippen LogP contribution >= 0.6 is 0 Å². The fourth-order valence-corrected chi connectivity index (χ4v) is 1.66. The number of hydrogen-bond acceptors (Lipinski definition) is 2. The van der Waals surface area contributed by atoms with Crippen LogP contribution in [0.3, 0.4) is 0 Å². The van der Waals surface area contributed by atoms with Crippen LogP contribution in [0, 0.1) is 0 Å². The molecule has 0 amide bonds. The summed E-state index contributed by atoms with van der Waals surface area (Å²) < 4.78 is 5.61. The molecule has 0 N–H and O–H groups in total. The molecule has 0 saturated carbocycles. The molecule has 0 aliphatic carbocycles. The summed E-state index contributed by atoms with van der Waals surface area (Å²) in [5, 5.41) is 0. The van der Waals surface area contributed by atoms with E-state index < -0.39 is 0 Å². The van der Waals surface area contributed by atoms with Gasteiger partial charge >= 0.3 is 0 Å². The van der Waals surface area contributed by atoms with E-state index >= 15 is 0 Å². The van der Waals surface area contributed by atoms with Crippen LogP contribution in [0.5, 0.6) is 0 Å². The van der Waals surface area contributed by atoms with Crippen molar-refractivity contribution >= 4 is 0 Å². The zero-order valence-corrected chi connectivity index (χ0v) is 9.61. The molecule has 0 aromatic rings. The van der Waals surface area contributed by atoms with Gasteiger partial charge < -0.3 is 4.74 Å². The summed E-state index contributed by atoms with van der Waals surface area (Å²) in [6.07, 6.45) is 10.3. The number of likely N-dealkylation sites (tertiary alicyclic amines) is 1. The summed E-state index contributed by atoms with van der Waals surface area (Å²) in [7, 11) is 0. The van der Waals surface area contributed by atoms with Crippen molar-refractivity contribution in [2.75, 3.05) is 26.2 Å². The quantitative estimate of drug-likeness (QED) is 0.490. The maximum atomic E-state index is 5.61. The van der Waals surface area contributed by atoms with Crippen molar-refractivity contribution in [3.63, 3.8) is 0 Å². The van der Waals surface area contributed by atoms with E-state index in [0.29, 0.717) is 0 Å². The van der Waals surface area contributed by atoms with Crippen molar-refractivity contribution in [1.29, 1.82) is 0 Å². The fraction of sp³-hybridized carbons (Fsp3) is 0.538. The Morgan fingerprint density at radius 1 is 1.40 bits per heavy atom. The normalized spacial score (nSPS) is 18.6. The maximum absolute atomic E-state index is 5.61. The second kappa shape index (κ2) is 7.30. The van der Waals surface area contributed by atoms with Crippen LogP contribution in [0.15, 0.2) is 36.6 Å². The Morgan fingerprint density at radius 2 is 2.13 bits per heavy atom. The van der Waals surface area contributed by atoms with E-state index in [9.17, 15) is 0 Å². The van der Waals surface area contributed by atoms with E-state index in [1.54, 1.807) is 6.08 Å². The fourth-order valence-electron chi connectivity index (χ4n) is 1.66. The van der Waals surface area contributed by atoms with Crippen molar-refractivity contribution in [3.8, 4) is 0 Å². The summed E-state index contributed by atoms with van der Waals surface area (Å²) in [6, 6.07) is 0. The van der Waals surface area contributed by atoms with Crippen LogP contribution in [-0.4, -0.2) is 31.1 Å². The van der Waals surface area contributed by atoms with Crippen LogP contribution in [-0.2, 0) is 4.74 Å². The van der Waals surface area contributed by atoms with E-state index in [2.05, 4.69) is 11.5 Å². The predicted octanol–water partition coefficient (Wildman–Crippen LogP) is 2.74. The molecule has 0 atom stereocenters. The van der Waals surface area contributed by atoms with Gasteiger partial charge in [-0.25, -0.2) is 0 Å². The summed E-state index contributed by atoms with van der Waals surface area (Å²) in [5.41, 5.74) is 0. The molecule has 1 fully saturated rings. The van der Waals surface area contributed by atoms with Gasteiger partial charge in [0.05, 0.1) is 0 Å². The average Bonchev–Trinajstić information content (AvgIpc) is 2.76. The first kappa shape index (κ1) is 12.1. The zero-order valence-electron chi connectivity index (χ0n) is 9.61. The molecular formula is C13H21NO. The molecule has 1 rings (SSSR count). The first-order valence-corrected chi connectivity index (χ1v) is 5.67. The highest BCUT2D eigenvalue weighted by atomic mass is 16.5. The Hall–Kier alpha value is -1.02. The summed E-state index contributed by atoms with van der Waals surface area (Å²) in [5.74, 6) is 0.854. The highest BCUT2D eigenvalue weighted by Crippen LogP contribution is 2.07. The minimum atomic E-state index is 0.759. The molecule has 2 heteroatoms. The molecule has 0 aromatic heterocycles. The van der Waals surface area contributed by atoms with Crippen LogP contribution in [0.4, 0.5) is 0 Å². The third-order valence-corrected chi connectivity index (χ3v) is 2.53. The Labute approximate surface area is 92.9 Å². The number of nitrogens with zero attached hydrogens (tertiary/aromatic N) is 1. The smallest absolute Gasteiger partial charge is 0.118 e. The van der Waals surface area contributed by atoms with Gasteiger partial charge in [-0.05, 0) is 45.0 Å². The molecule has 0 aromatic carbocycles. The highest BCUT2D eigenvalue weighted by Gasteiger charge is 2.10. The number of ether oxygens (including phenoxy) is 1. The number of hydrogen-bond donors (Lipinski definition) is 0. The molecule has 15 heavy (non-hydrogen) atoms. The van der Waals surface area contributed by atoms with Gasteiger partial charge in [0, 0.05) is 6.54 Å². The molecule has 1 heterocycles. The monoisotopic (exact) mass is 207 g/mol. The second-order valence-electron chi connectivity index (χ2n) is 3.70. The molecule has 0 bridgehead atoms. The van der Waals surface area contributed by atoms with Crippen molar-refractivity contribution in [2.45, 2.75) is 19.8 Å². The van der Waals surface area contributed by atoms with E-state index in [-0.39, 0.29) is 0 Å². The van der Waals surface area contributed by atoms with Crippen molar-refractivity contribution in [1.82, 2.24) is 4.90 Å². The van der Waals surface area contributed by atoms with Gasteiger partial charge in [-0.15, -0.1) is 0 Å². The van der Waals surface area contributed by atoms with Crippen molar-refractivity contribution in [2.24, 2.45) is 0 Å². The Bertz CT molecular complexity index is 237. The second-order valence-corrected chi connectivity index (χ2v) is 3.70. The first-order chi connectivity index (χ1) is 7.36. The third kappa shape index (κ3) is 4.84. The van der Waals surface area contributed by atoms with Gasteiger partial charge in [-0.2, -0.15) is 0 Å². The van der Waals surface area contributed by atoms with Gasteiger partial charge in [-0.3, -0.25) is 4.90 Å². The lowest BCUT2D eigenvalue weighted by Gasteiger charge is -2.14. The Kier molecular flexibility index (Phi) is 5.86. The first-order valence-electron chi connectivity index (χ1n) is 5.67. The largest absolute Gasteiger partial charge is 0.492 e. The molecule has 2 nitrogen and oxygen atoms in total. The lowest BCUT2D eigenvalue weighted by Crippen LogP contribution is -2.23. The summed E-state index contributed by atoms with van der Waals surface area (Å²) >= 11 is 0. The average molecular weight is 207 g/mol. The van der Waals surface area contributed by atoms with E-state index in [0.717, 1.165) is 18.9 Å². The van der Waals surface area contributed by atoms with Crippen molar-refractivity contribution in [3.05, 3.63) is 36.6 Å².